The molecular formula is C18H21N3O2. The molecule has 0 amide bonds. The van der Waals surface area contributed by atoms with Gasteiger partial charge in [-0.05, 0) is 55.4 Å². The fourth-order valence-electron chi connectivity index (χ4n) is 3.13. The second kappa shape index (κ2) is 6.84. The summed E-state index contributed by atoms with van der Waals surface area (Å²) in [7, 11) is 0. The van der Waals surface area contributed by atoms with E-state index in [9.17, 15) is 10.4 Å². The predicted octanol–water partition coefficient (Wildman–Crippen LogP) is 3.27. The van der Waals surface area contributed by atoms with Gasteiger partial charge in [-0.1, -0.05) is 6.92 Å². The van der Waals surface area contributed by atoms with Gasteiger partial charge in [0.1, 0.15) is 17.6 Å². The first-order valence-electron chi connectivity index (χ1n) is 8.15. The fraction of sp³-hybridized carbons (Fsp3) is 0.444. The van der Waals surface area contributed by atoms with Crippen molar-refractivity contribution in [3.8, 4) is 17.5 Å². The molecule has 0 spiro atoms. The lowest BCUT2D eigenvalue weighted by atomic mass is 9.87. The lowest BCUT2D eigenvalue weighted by Crippen LogP contribution is -2.25. The van der Waals surface area contributed by atoms with E-state index in [1.165, 1.54) is 0 Å². The smallest absolute Gasteiger partial charge is 0.152 e. The molecule has 0 saturated heterocycles. The second-order valence-electron chi connectivity index (χ2n) is 5.87. The quantitative estimate of drug-likeness (QED) is 0.885. The fourth-order valence-corrected chi connectivity index (χ4v) is 3.13. The van der Waals surface area contributed by atoms with Crippen molar-refractivity contribution in [1.82, 2.24) is 4.98 Å². The maximum atomic E-state index is 9.64. The van der Waals surface area contributed by atoms with Crippen molar-refractivity contribution >= 4 is 5.82 Å². The molecular weight excluding hydrogens is 290 g/mol. The average Bonchev–Trinajstić information content (AvgIpc) is 3.13. The van der Waals surface area contributed by atoms with Crippen molar-refractivity contribution in [3.63, 3.8) is 0 Å². The van der Waals surface area contributed by atoms with Crippen molar-refractivity contribution < 1.29 is 9.52 Å². The molecule has 0 radical (unpaired) electrons. The number of furan rings is 1. The number of rotatable bonds is 5. The molecule has 3 rings (SSSR count). The lowest BCUT2D eigenvalue weighted by Gasteiger charge is -2.23. The first-order chi connectivity index (χ1) is 11.3. The summed E-state index contributed by atoms with van der Waals surface area (Å²) in [6.07, 6.45) is 6.40. The molecule has 1 aliphatic rings. The molecule has 0 unspecified atom stereocenters. The van der Waals surface area contributed by atoms with E-state index < -0.39 is 0 Å². The highest BCUT2D eigenvalue weighted by Crippen LogP contribution is 2.35. The van der Waals surface area contributed by atoms with E-state index in [1.54, 1.807) is 6.26 Å². The van der Waals surface area contributed by atoms with E-state index in [1.807, 2.05) is 19.1 Å². The van der Waals surface area contributed by atoms with Crippen LogP contribution in [-0.2, 0) is 12.8 Å². The summed E-state index contributed by atoms with van der Waals surface area (Å²) in [4.78, 5) is 4.70. The summed E-state index contributed by atoms with van der Waals surface area (Å²) in [5, 5.41) is 22.3. The van der Waals surface area contributed by atoms with E-state index in [4.69, 9.17) is 9.40 Å². The Morgan fingerprint density at radius 3 is 2.78 bits per heavy atom. The van der Waals surface area contributed by atoms with Crippen molar-refractivity contribution in [2.24, 2.45) is 0 Å². The van der Waals surface area contributed by atoms with Crippen molar-refractivity contribution in [2.75, 3.05) is 11.9 Å². The summed E-state index contributed by atoms with van der Waals surface area (Å²) in [6, 6.07) is 5.95. The molecule has 0 bridgehead atoms. The third-order valence-electron chi connectivity index (χ3n) is 4.44. The van der Waals surface area contributed by atoms with Gasteiger partial charge in [0.25, 0.3) is 0 Å². The third kappa shape index (κ3) is 2.95. The molecule has 0 saturated carbocycles. The molecule has 5 nitrogen and oxygen atoms in total. The van der Waals surface area contributed by atoms with E-state index in [2.05, 4.69) is 11.4 Å². The molecule has 0 aliphatic heterocycles. The molecule has 0 aromatic carbocycles. The van der Waals surface area contributed by atoms with Gasteiger partial charge in [0, 0.05) is 0 Å². The molecule has 120 valence electrons. The highest BCUT2D eigenvalue weighted by Gasteiger charge is 2.24. The van der Waals surface area contributed by atoms with Crippen molar-refractivity contribution in [3.05, 3.63) is 35.1 Å². The number of nitrogens with one attached hydrogen (secondary N) is 1. The monoisotopic (exact) mass is 311 g/mol. The van der Waals surface area contributed by atoms with Gasteiger partial charge in [0.15, 0.2) is 5.76 Å². The van der Waals surface area contributed by atoms with E-state index in [0.717, 1.165) is 54.7 Å². The number of aromatic nitrogens is 1. The van der Waals surface area contributed by atoms with Gasteiger partial charge in [-0.25, -0.2) is 4.98 Å². The predicted molar refractivity (Wildman–Crippen MR) is 88.1 cm³/mol. The molecule has 1 atom stereocenters. The van der Waals surface area contributed by atoms with Crippen molar-refractivity contribution in [2.45, 2.75) is 45.1 Å². The Balaban J connectivity index is 2.15. The number of nitriles is 1. The number of pyridine rings is 1. The number of hydrogen-bond donors (Lipinski definition) is 2. The number of aliphatic hydroxyl groups excluding tert-OH is 1. The van der Waals surface area contributed by atoms with Crippen LogP contribution in [0.15, 0.2) is 22.8 Å². The summed E-state index contributed by atoms with van der Waals surface area (Å²) in [6.45, 7) is 2.00. The van der Waals surface area contributed by atoms with Crippen LogP contribution in [0.25, 0.3) is 11.5 Å². The minimum Gasteiger partial charge on any atom is -0.463 e. The Bertz CT molecular complexity index is 713. The molecule has 2 N–H and O–H groups in total. The van der Waals surface area contributed by atoms with Gasteiger partial charge in [-0.2, -0.15) is 5.26 Å². The average molecular weight is 311 g/mol. The Morgan fingerprint density at radius 2 is 2.17 bits per heavy atom. The number of nitrogens with zero attached hydrogens (tertiary/aromatic N) is 2. The summed E-state index contributed by atoms with van der Waals surface area (Å²) in [5.41, 5.74) is 3.64. The Hall–Kier alpha value is -2.32. The molecule has 1 aliphatic carbocycles. The zero-order valence-electron chi connectivity index (χ0n) is 13.3. The highest BCUT2D eigenvalue weighted by molar-refractivity contribution is 5.69. The van der Waals surface area contributed by atoms with Crippen LogP contribution >= 0.6 is 0 Å². The first-order valence-corrected chi connectivity index (χ1v) is 8.15. The summed E-state index contributed by atoms with van der Waals surface area (Å²) in [5.74, 6) is 1.29. The van der Waals surface area contributed by atoms with Crippen LogP contribution in [0.4, 0.5) is 5.82 Å². The summed E-state index contributed by atoms with van der Waals surface area (Å²) >= 11 is 0. The minimum absolute atomic E-state index is 0.0101. The topological polar surface area (TPSA) is 82.1 Å². The van der Waals surface area contributed by atoms with Gasteiger partial charge < -0.3 is 14.8 Å². The normalized spacial score (nSPS) is 14.8. The molecule has 2 heterocycles. The Labute approximate surface area is 136 Å². The lowest BCUT2D eigenvalue weighted by molar-refractivity contribution is 0.271. The molecule has 2 aromatic rings. The van der Waals surface area contributed by atoms with Crippen LogP contribution in [-0.4, -0.2) is 22.7 Å². The van der Waals surface area contributed by atoms with Crippen LogP contribution in [0.2, 0.25) is 0 Å². The van der Waals surface area contributed by atoms with E-state index in [0.29, 0.717) is 11.4 Å². The number of hydrogen-bond acceptors (Lipinski definition) is 5. The van der Waals surface area contributed by atoms with Crippen molar-refractivity contribution in [1.29, 1.82) is 5.26 Å². The van der Waals surface area contributed by atoms with Crippen LogP contribution in [0.3, 0.4) is 0 Å². The van der Waals surface area contributed by atoms with Gasteiger partial charge >= 0.3 is 0 Å². The van der Waals surface area contributed by atoms with Crippen LogP contribution in [0.1, 0.15) is 42.9 Å². The second-order valence-corrected chi connectivity index (χ2v) is 5.87. The number of anilines is 1. The minimum atomic E-state index is -0.110. The molecule has 5 heteroatoms. The van der Waals surface area contributed by atoms with Gasteiger partial charge in [-0.3, -0.25) is 0 Å². The SMILES string of the molecule is CC[C@@H](CO)Nc1nc(-c2ccco2)c2c(c1C#N)CCCC2. The Kier molecular flexibility index (Phi) is 4.63. The van der Waals surface area contributed by atoms with E-state index >= 15 is 0 Å². The Morgan fingerprint density at radius 1 is 1.39 bits per heavy atom. The summed E-state index contributed by atoms with van der Waals surface area (Å²) < 4.78 is 5.55. The maximum absolute atomic E-state index is 9.64. The van der Waals surface area contributed by atoms with Crippen LogP contribution in [0.5, 0.6) is 0 Å². The number of aliphatic hydroxyl groups is 1. The molecule has 23 heavy (non-hydrogen) atoms. The van der Waals surface area contributed by atoms with Crippen LogP contribution in [0, 0.1) is 11.3 Å². The maximum Gasteiger partial charge on any atom is 0.152 e. The van der Waals surface area contributed by atoms with Crippen LogP contribution < -0.4 is 5.32 Å². The molecule has 0 fully saturated rings. The van der Waals surface area contributed by atoms with E-state index in [-0.39, 0.29) is 12.6 Å². The van der Waals surface area contributed by atoms with Gasteiger partial charge in [0.2, 0.25) is 0 Å². The molecule has 2 aromatic heterocycles. The zero-order valence-corrected chi connectivity index (χ0v) is 13.3. The van der Waals surface area contributed by atoms with Gasteiger partial charge in [-0.15, -0.1) is 0 Å². The highest BCUT2D eigenvalue weighted by atomic mass is 16.3. The largest absolute Gasteiger partial charge is 0.463 e. The third-order valence-corrected chi connectivity index (χ3v) is 4.44. The standard InChI is InChI=1S/C18H21N3O2/c1-2-12(11-22)20-18-15(10-19)13-6-3-4-7-14(13)17(21-18)16-8-5-9-23-16/h5,8-9,12,22H,2-4,6-7,11H2,1H3,(H,20,21)/t12-/m0/s1. The zero-order chi connectivity index (χ0) is 16.2. The first kappa shape index (κ1) is 15.6. The van der Waals surface area contributed by atoms with Gasteiger partial charge in [0.05, 0.1) is 24.5 Å². The number of fused-ring (bicyclic) bond motifs is 1.